The molecule has 0 spiro atoms. The maximum Gasteiger partial charge on any atom is 0.338 e. The molecule has 2 aliphatic rings. The number of esters is 1. The molecule has 2 N–H and O–H groups in total. The van der Waals surface area contributed by atoms with Crippen LogP contribution < -0.4 is 20.3 Å². The predicted molar refractivity (Wildman–Crippen MR) is 136 cm³/mol. The van der Waals surface area contributed by atoms with Crippen molar-refractivity contribution in [2.75, 3.05) is 51.3 Å². The third-order valence-electron chi connectivity index (χ3n) is 6.75. The molecule has 1 fully saturated rings. The maximum atomic E-state index is 13.1. The summed E-state index contributed by atoms with van der Waals surface area (Å²) < 4.78 is 10.8. The first-order chi connectivity index (χ1) is 16.9. The molecular weight excluding hydrogens is 444 g/mol. The number of methoxy groups -OCH3 is 1. The van der Waals surface area contributed by atoms with Gasteiger partial charge in [0.2, 0.25) is 0 Å². The number of benzene rings is 2. The van der Waals surface area contributed by atoms with Crippen molar-refractivity contribution < 1.29 is 19.1 Å². The lowest BCUT2D eigenvalue weighted by Crippen LogP contribution is -2.52. The number of carbonyl (C=O) groups is 2. The standard InChI is InChI=1S/C27H34N4O4/c1-5-35-26(32)24-22(28-27(33)29-25(24)20-9-7-10-21(16-20)34-4)17-30-12-14-31(15-13-30)23-11-6-8-18(2)19(23)3/h6-11,16,25H,5,12-15,17H2,1-4H3,(H2,28,29,33)/t25-/m0/s1. The summed E-state index contributed by atoms with van der Waals surface area (Å²) in [5, 5.41) is 5.77. The smallest absolute Gasteiger partial charge is 0.338 e. The molecule has 2 aromatic carbocycles. The average Bonchev–Trinajstić information content (AvgIpc) is 2.86. The maximum absolute atomic E-state index is 13.1. The molecule has 1 atom stereocenters. The Bertz CT molecular complexity index is 1120. The summed E-state index contributed by atoms with van der Waals surface area (Å²) in [7, 11) is 1.59. The molecule has 8 heteroatoms. The summed E-state index contributed by atoms with van der Waals surface area (Å²) in [4.78, 5) is 30.4. The number of amides is 2. The third kappa shape index (κ3) is 5.43. The lowest BCUT2D eigenvalue weighted by Gasteiger charge is -2.38. The number of ether oxygens (including phenoxy) is 2. The Hall–Kier alpha value is -3.52. The summed E-state index contributed by atoms with van der Waals surface area (Å²) in [6.45, 7) is 10.2. The fraction of sp³-hybridized carbons (Fsp3) is 0.407. The Morgan fingerprint density at radius 3 is 2.54 bits per heavy atom. The zero-order valence-electron chi connectivity index (χ0n) is 20.9. The summed E-state index contributed by atoms with van der Waals surface area (Å²) in [5.74, 6) is 0.222. The van der Waals surface area contributed by atoms with Crippen LogP contribution in [0, 0.1) is 13.8 Å². The minimum atomic E-state index is -0.621. The molecule has 8 nitrogen and oxygen atoms in total. The number of rotatable bonds is 7. The summed E-state index contributed by atoms with van der Waals surface area (Å²) in [6, 6.07) is 12.8. The molecule has 2 amide bonds. The number of urea groups is 1. The fourth-order valence-corrected chi connectivity index (χ4v) is 4.71. The molecule has 2 aromatic rings. The van der Waals surface area contributed by atoms with Gasteiger partial charge in [-0.3, -0.25) is 4.90 Å². The predicted octanol–water partition coefficient (Wildman–Crippen LogP) is 3.31. The van der Waals surface area contributed by atoms with E-state index in [9.17, 15) is 9.59 Å². The van der Waals surface area contributed by atoms with Crippen LogP contribution in [0.1, 0.15) is 29.7 Å². The molecule has 2 heterocycles. The zero-order valence-corrected chi connectivity index (χ0v) is 20.9. The van der Waals surface area contributed by atoms with Gasteiger partial charge in [0.25, 0.3) is 0 Å². The van der Waals surface area contributed by atoms with E-state index in [0.29, 0.717) is 23.6 Å². The highest BCUT2D eigenvalue weighted by molar-refractivity contribution is 5.95. The van der Waals surface area contributed by atoms with Crippen molar-refractivity contribution in [1.82, 2.24) is 15.5 Å². The van der Waals surface area contributed by atoms with Gasteiger partial charge >= 0.3 is 12.0 Å². The Kier molecular flexibility index (Phi) is 7.60. The number of piperazine rings is 1. The minimum Gasteiger partial charge on any atom is -0.497 e. The van der Waals surface area contributed by atoms with Crippen LogP contribution in [0.4, 0.5) is 10.5 Å². The number of nitrogens with zero attached hydrogens (tertiary/aromatic N) is 2. The number of carbonyl (C=O) groups excluding carboxylic acids is 2. The first kappa shape index (κ1) is 24.6. The van der Waals surface area contributed by atoms with Crippen molar-refractivity contribution >= 4 is 17.7 Å². The van der Waals surface area contributed by atoms with Gasteiger partial charge in [-0.05, 0) is 55.7 Å². The van der Waals surface area contributed by atoms with E-state index in [1.165, 1.54) is 16.8 Å². The molecule has 0 radical (unpaired) electrons. The number of anilines is 1. The fourth-order valence-electron chi connectivity index (χ4n) is 4.71. The molecule has 2 aliphatic heterocycles. The molecule has 0 aliphatic carbocycles. The topological polar surface area (TPSA) is 83.1 Å². The molecule has 1 saturated heterocycles. The van der Waals surface area contributed by atoms with Crippen molar-refractivity contribution in [1.29, 1.82) is 0 Å². The van der Waals surface area contributed by atoms with Gasteiger partial charge in [0.05, 0.1) is 25.3 Å². The summed E-state index contributed by atoms with van der Waals surface area (Å²) in [5.41, 5.74) is 5.64. The number of aryl methyl sites for hydroxylation is 1. The Balaban J connectivity index is 1.57. The molecule has 0 aromatic heterocycles. The van der Waals surface area contributed by atoms with Crippen LogP contribution in [0.5, 0.6) is 5.75 Å². The number of nitrogens with one attached hydrogen (secondary N) is 2. The lowest BCUT2D eigenvalue weighted by atomic mass is 9.94. The van der Waals surface area contributed by atoms with E-state index in [0.717, 1.165) is 31.7 Å². The van der Waals surface area contributed by atoms with Crippen molar-refractivity contribution in [3.05, 3.63) is 70.4 Å². The molecule has 0 bridgehead atoms. The van der Waals surface area contributed by atoms with E-state index >= 15 is 0 Å². The highest BCUT2D eigenvalue weighted by atomic mass is 16.5. The van der Waals surface area contributed by atoms with Gasteiger partial charge < -0.3 is 25.0 Å². The van der Waals surface area contributed by atoms with Crippen LogP contribution in [0.2, 0.25) is 0 Å². The summed E-state index contributed by atoms with van der Waals surface area (Å²) in [6.07, 6.45) is 0. The molecular formula is C27H34N4O4. The van der Waals surface area contributed by atoms with Gasteiger partial charge in [-0.1, -0.05) is 24.3 Å². The van der Waals surface area contributed by atoms with Gasteiger partial charge in [0.15, 0.2) is 0 Å². The first-order valence-corrected chi connectivity index (χ1v) is 12.1. The van der Waals surface area contributed by atoms with Crippen LogP contribution >= 0.6 is 0 Å². The SMILES string of the molecule is CCOC(=O)C1=C(CN2CCN(c3cccc(C)c3C)CC2)NC(=O)N[C@H]1c1cccc(OC)c1. The summed E-state index contributed by atoms with van der Waals surface area (Å²) >= 11 is 0. The van der Waals surface area contributed by atoms with Crippen LogP contribution in [0.15, 0.2) is 53.7 Å². The number of hydrogen-bond acceptors (Lipinski definition) is 6. The lowest BCUT2D eigenvalue weighted by molar-refractivity contribution is -0.139. The van der Waals surface area contributed by atoms with Gasteiger partial charge in [0, 0.05) is 44.1 Å². The largest absolute Gasteiger partial charge is 0.497 e. The molecule has 0 saturated carbocycles. The van der Waals surface area contributed by atoms with E-state index in [1.54, 1.807) is 14.0 Å². The molecule has 0 unspecified atom stereocenters. The zero-order chi connectivity index (χ0) is 24.9. The number of hydrogen-bond donors (Lipinski definition) is 2. The second-order valence-corrected chi connectivity index (χ2v) is 8.90. The Labute approximate surface area is 206 Å². The van der Waals surface area contributed by atoms with Gasteiger partial charge in [0.1, 0.15) is 5.75 Å². The van der Waals surface area contributed by atoms with Crippen LogP contribution in [0.25, 0.3) is 0 Å². The van der Waals surface area contributed by atoms with E-state index < -0.39 is 12.0 Å². The Morgan fingerprint density at radius 2 is 1.83 bits per heavy atom. The van der Waals surface area contributed by atoms with E-state index in [-0.39, 0.29) is 12.6 Å². The normalized spacial score (nSPS) is 18.7. The van der Waals surface area contributed by atoms with Crippen molar-refractivity contribution in [3.63, 3.8) is 0 Å². The van der Waals surface area contributed by atoms with E-state index in [1.807, 2.05) is 24.3 Å². The van der Waals surface area contributed by atoms with Crippen LogP contribution in [-0.2, 0) is 9.53 Å². The highest BCUT2D eigenvalue weighted by Crippen LogP contribution is 2.30. The monoisotopic (exact) mass is 478 g/mol. The minimum absolute atomic E-state index is 0.253. The van der Waals surface area contributed by atoms with Gasteiger partial charge in [-0.2, -0.15) is 0 Å². The Morgan fingerprint density at radius 1 is 1.09 bits per heavy atom. The average molecular weight is 479 g/mol. The first-order valence-electron chi connectivity index (χ1n) is 12.1. The van der Waals surface area contributed by atoms with Gasteiger partial charge in [-0.15, -0.1) is 0 Å². The quantitative estimate of drug-likeness (QED) is 0.594. The molecule has 35 heavy (non-hydrogen) atoms. The third-order valence-corrected chi connectivity index (χ3v) is 6.75. The van der Waals surface area contributed by atoms with Crippen LogP contribution in [-0.4, -0.2) is 63.3 Å². The van der Waals surface area contributed by atoms with Crippen molar-refractivity contribution in [3.8, 4) is 5.75 Å². The second-order valence-electron chi connectivity index (χ2n) is 8.90. The second kappa shape index (κ2) is 10.8. The molecule has 4 rings (SSSR count). The van der Waals surface area contributed by atoms with E-state index in [4.69, 9.17) is 9.47 Å². The van der Waals surface area contributed by atoms with Gasteiger partial charge in [-0.25, -0.2) is 9.59 Å². The van der Waals surface area contributed by atoms with E-state index in [2.05, 4.69) is 52.5 Å². The van der Waals surface area contributed by atoms with Crippen LogP contribution in [0.3, 0.4) is 0 Å². The molecule has 186 valence electrons. The van der Waals surface area contributed by atoms with Crippen molar-refractivity contribution in [2.45, 2.75) is 26.8 Å². The van der Waals surface area contributed by atoms with Crippen molar-refractivity contribution in [2.24, 2.45) is 0 Å². The highest BCUT2D eigenvalue weighted by Gasteiger charge is 2.35.